The summed E-state index contributed by atoms with van der Waals surface area (Å²) in [5, 5.41) is 8.43. The van der Waals surface area contributed by atoms with Gasteiger partial charge in [0.05, 0.1) is 0 Å². The van der Waals surface area contributed by atoms with E-state index >= 15 is 0 Å². The van der Waals surface area contributed by atoms with E-state index in [-0.39, 0.29) is 0 Å². The van der Waals surface area contributed by atoms with Crippen molar-refractivity contribution >= 4 is 57.9 Å². The molecule has 1 heteroatoms. The summed E-state index contributed by atoms with van der Waals surface area (Å²) in [5.41, 5.74) is 14.6. The molecular weight excluding hydrogens is 593 g/mol. The van der Waals surface area contributed by atoms with Crippen LogP contribution in [0.2, 0.25) is 0 Å². The van der Waals surface area contributed by atoms with Crippen LogP contribution in [0.5, 0.6) is 0 Å². The molecule has 0 bridgehead atoms. The molecule has 238 valence electrons. The van der Waals surface area contributed by atoms with Gasteiger partial charge in [0.1, 0.15) is 11.5 Å². The summed E-state index contributed by atoms with van der Waals surface area (Å²) < 4.78 is 6.81. The molecule has 0 N–H and O–H groups in total. The van der Waals surface area contributed by atoms with Crippen LogP contribution in [-0.2, 0) is 12.8 Å². The number of fused-ring (bicyclic) bond motifs is 10. The van der Waals surface area contributed by atoms with Gasteiger partial charge in [0, 0.05) is 17.0 Å². The van der Waals surface area contributed by atoms with E-state index in [4.69, 9.17) is 4.42 Å². The Kier molecular flexibility index (Phi) is 6.18. The highest BCUT2D eigenvalue weighted by atomic mass is 16.3. The van der Waals surface area contributed by atoms with Crippen LogP contribution in [-0.4, -0.2) is 0 Å². The van der Waals surface area contributed by atoms with E-state index in [9.17, 15) is 0 Å². The van der Waals surface area contributed by atoms with Crippen LogP contribution in [0, 0.1) is 5.92 Å². The van der Waals surface area contributed by atoms with E-state index in [0.717, 1.165) is 56.5 Å². The van der Waals surface area contributed by atoms with Crippen molar-refractivity contribution in [3.63, 3.8) is 0 Å². The van der Waals surface area contributed by atoms with Crippen LogP contribution in [0.1, 0.15) is 96.6 Å². The quantitative estimate of drug-likeness (QED) is 0.215. The maximum atomic E-state index is 6.81. The maximum Gasteiger partial charge on any atom is 0.131 e. The van der Waals surface area contributed by atoms with Crippen LogP contribution in [0.25, 0.3) is 57.9 Å². The van der Waals surface area contributed by atoms with E-state index in [1.165, 1.54) is 101 Å². The highest BCUT2D eigenvalue weighted by Crippen LogP contribution is 2.42. The smallest absolute Gasteiger partial charge is 0.131 e. The molecule has 7 aliphatic carbocycles. The summed E-state index contributed by atoms with van der Waals surface area (Å²) in [6, 6.07) is 16.8. The molecule has 7 aliphatic rings. The highest BCUT2D eigenvalue weighted by molar-refractivity contribution is 5.99. The van der Waals surface area contributed by atoms with Crippen molar-refractivity contribution in [2.75, 3.05) is 0 Å². The molecule has 0 aliphatic heterocycles. The topological polar surface area (TPSA) is 13.1 Å². The number of rotatable bonds is 2. The van der Waals surface area contributed by atoms with E-state index in [1.54, 1.807) is 5.57 Å². The van der Waals surface area contributed by atoms with Gasteiger partial charge in [0.2, 0.25) is 0 Å². The van der Waals surface area contributed by atoms with Gasteiger partial charge in [0.15, 0.2) is 0 Å². The number of allylic oxidation sites excluding steroid dienone is 9. The molecule has 1 aromatic heterocycles. The van der Waals surface area contributed by atoms with Gasteiger partial charge in [-0.2, -0.15) is 0 Å². The molecule has 0 radical (unpaired) electrons. The fourth-order valence-electron chi connectivity index (χ4n) is 10.1. The first-order valence-electron chi connectivity index (χ1n) is 18.7. The minimum Gasteiger partial charge on any atom is -0.457 e. The normalized spacial score (nSPS) is 22.7. The molecule has 0 saturated carbocycles. The Bertz CT molecular complexity index is 2600. The third-order valence-electron chi connectivity index (χ3n) is 12.6. The Morgan fingerprint density at radius 1 is 0.694 bits per heavy atom. The predicted molar refractivity (Wildman–Crippen MR) is 205 cm³/mol. The van der Waals surface area contributed by atoms with Crippen molar-refractivity contribution in [2.45, 2.75) is 70.1 Å². The van der Waals surface area contributed by atoms with Crippen LogP contribution in [0.4, 0.5) is 0 Å². The van der Waals surface area contributed by atoms with Crippen molar-refractivity contribution < 1.29 is 4.42 Å². The number of benzene rings is 3. The van der Waals surface area contributed by atoms with E-state index in [2.05, 4.69) is 109 Å². The van der Waals surface area contributed by atoms with Gasteiger partial charge in [-0.25, -0.2) is 0 Å². The number of hydrogen-bond acceptors (Lipinski definition) is 1. The summed E-state index contributed by atoms with van der Waals surface area (Å²) in [6.45, 7) is 0. The fourth-order valence-corrected chi connectivity index (χ4v) is 10.1. The summed E-state index contributed by atoms with van der Waals surface area (Å²) in [6.07, 6.45) is 37.2. The van der Waals surface area contributed by atoms with Gasteiger partial charge in [0.25, 0.3) is 0 Å². The molecule has 4 aromatic rings. The average Bonchev–Trinajstić information content (AvgIpc) is 3.53. The summed E-state index contributed by atoms with van der Waals surface area (Å²) in [7, 11) is 0. The zero-order valence-corrected chi connectivity index (χ0v) is 28.0. The Labute approximate surface area is 287 Å². The molecule has 1 heterocycles. The number of furan rings is 1. The minimum absolute atomic E-state index is 0.480. The molecule has 0 saturated heterocycles. The Balaban J connectivity index is 0.998. The summed E-state index contributed by atoms with van der Waals surface area (Å²) in [4.78, 5) is 0. The second-order valence-corrected chi connectivity index (χ2v) is 15.2. The summed E-state index contributed by atoms with van der Waals surface area (Å²) in [5.74, 6) is 3.34. The molecule has 11 rings (SSSR count). The molecule has 0 fully saturated rings. The van der Waals surface area contributed by atoms with E-state index in [0.29, 0.717) is 11.8 Å². The lowest BCUT2D eigenvalue weighted by Crippen LogP contribution is -2.33. The molecule has 49 heavy (non-hydrogen) atoms. The molecule has 0 amide bonds. The second kappa shape index (κ2) is 10.8. The third kappa shape index (κ3) is 4.37. The fraction of sp³-hybridized carbons (Fsp3) is 0.250. The first-order chi connectivity index (χ1) is 24.2. The first kappa shape index (κ1) is 28.0. The largest absolute Gasteiger partial charge is 0.457 e. The van der Waals surface area contributed by atoms with Gasteiger partial charge >= 0.3 is 0 Å². The van der Waals surface area contributed by atoms with Crippen molar-refractivity contribution in [1.82, 2.24) is 0 Å². The number of hydrogen-bond donors (Lipinski definition) is 0. The van der Waals surface area contributed by atoms with Gasteiger partial charge in [-0.3, -0.25) is 0 Å². The summed E-state index contributed by atoms with van der Waals surface area (Å²) >= 11 is 0. The van der Waals surface area contributed by atoms with Crippen molar-refractivity contribution in [3.05, 3.63) is 150 Å². The van der Waals surface area contributed by atoms with Crippen LogP contribution >= 0.6 is 0 Å². The standard InChI is InChI=1S/C48H40O/c1-3-11-37-29(7-1)15-17-33-23-31-9-5-13-39(43(31)27-45(33)37)35-19-21-41-42-22-20-36(26-48(42)49-47(41)25-35)40-14-6-10-32-24-34-18-16-30-8-2-4-12-38(30)46(34)28-44(32)40/h1,3-4,6-7,9-10,12,14-15,17-18,23-28,30,37H,2,5,8,11,13,16,19-22H2. The van der Waals surface area contributed by atoms with Crippen molar-refractivity contribution in [3.8, 4) is 0 Å². The monoisotopic (exact) mass is 632 g/mol. The lowest BCUT2D eigenvalue weighted by atomic mass is 9.77. The van der Waals surface area contributed by atoms with E-state index in [1.807, 2.05) is 0 Å². The van der Waals surface area contributed by atoms with E-state index < -0.39 is 0 Å². The maximum absolute atomic E-state index is 6.81. The zero-order chi connectivity index (χ0) is 32.1. The SMILES string of the molecule is C1=CCC2C(=C1)C=Cc1cc3c(cc12)=C(C1=Cc2oc4c(c2CC1)CCC(c1cccc2cc5c(cc12)=C1C=CCCC1CC=5)=C4)CCC=3. The van der Waals surface area contributed by atoms with Crippen LogP contribution in [0.15, 0.2) is 94.5 Å². The van der Waals surface area contributed by atoms with Crippen molar-refractivity contribution in [2.24, 2.45) is 5.92 Å². The Morgan fingerprint density at radius 3 is 2.51 bits per heavy atom. The molecule has 3 aromatic carbocycles. The predicted octanol–water partition coefficient (Wildman–Crippen LogP) is 8.97. The molecule has 1 nitrogen and oxygen atoms in total. The van der Waals surface area contributed by atoms with Gasteiger partial charge < -0.3 is 4.42 Å². The van der Waals surface area contributed by atoms with Crippen LogP contribution in [0.3, 0.4) is 0 Å². The van der Waals surface area contributed by atoms with Gasteiger partial charge in [-0.15, -0.1) is 0 Å². The van der Waals surface area contributed by atoms with Gasteiger partial charge in [-0.1, -0.05) is 72.9 Å². The average molecular weight is 633 g/mol. The first-order valence-corrected chi connectivity index (χ1v) is 18.7. The molecular formula is C48H40O. The minimum atomic E-state index is 0.480. The highest BCUT2D eigenvalue weighted by Gasteiger charge is 2.28. The Morgan fingerprint density at radius 2 is 1.57 bits per heavy atom. The molecule has 2 atom stereocenters. The lowest BCUT2D eigenvalue weighted by Gasteiger charge is -2.27. The van der Waals surface area contributed by atoms with Gasteiger partial charge in [-0.05, 0) is 183 Å². The Hall–Kier alpha value is -4.88. The second-order valence-electron chi connectivity index (χ2n) is 15.2. The molecule has 2 unspecified atom stereocenters. The van der Waals surface area contributed by atoms with Crippen molar-refractivity contribution in [1.29, 1.82) is 0 Å². The third-order valence-corrected chi connectivity index (χ3v) is 12.6. The lowest BCUT2D eigenvalue weighted by molar-refractivity contribution is 0.537. The van der Waals surface area contributed by atoms with Crippen LogP contribution < -0.4 is 20.9 Å². The zero-order valence-electron chi connectivity index (χ0n) is 28.0. The molecule has 0 spiro atoms.